The van der Waals surface area contributed by atoms with E-state index in [2.05, 4.69) is 17.6 Å². The molecule has 0 bridgehead atoms. The summed E-state index contributed by atoms with van der Waals surface area (Å²) in [4.78, 5) is 21.5. The molecule has 0 heterocycles. The average Bonchev–Trinajstić information content (AvgIpc) is 2.39. The van der Waals surface area contributed by atoms with Gasteiger partial charge in [-0.2, -0.15) is 0 Å². The minimum atomic E-state index is -0.475. The number of nitro groups is 1. The molecule has 0 fully saturated rings. The highest BCUT2D eigenvalue weighted by atomic mass is 16.6. The summed E-state index contributed by atoms with van der Waals surface area (Å²) >= 11 is 0. The van der Waals surface area contributed by atoms with Crippen molar-refractivity contribution in [3.05, 3.63) is 34.4 Å². The Morgan fingerprint density at radius 2 is 1.89 bits per heavy atom. The Kier molecular flexibility index (Phi) is 6.35. The highest BCUT2D eigenvalue weighted by Gasteiger charge is 2.05. The van der Waals surface area contributed by atoms with Gasteiger partial charge in [-0.3, -0.25) is 10.1 Å². The van der Waals surface area contributed by atoms with Gasteiger partial charge in [-0.25, -0.2) is 4.79 Å². The Hall–Kier alpha value is -2.11. The monoisotopic (exact) mass is 265 g/mol. The first-order chi connectivity index (χ1) is 9.13. The average molecular weight is 265 g/mol. The number of hydrogen-bond acceptors (Lipinski definition) is 3. The minimum absolute atomic E-state index is 0.00511. The molecule has 104 valence electrons. The molecular weight excluding hydrogens is 246 g/mol. The lowest BCUT2D eigenvalue weighted by atomic mass is 10.2. The van der Waals surface area contributed by atoms with Gasteiger partial charge in [0, 0.05) is 24.4 Å². The van der Waals surface area contributed by atoms with Gasteiger partial charge < -0.3 is 10.6 Å². The zero-order chi connectivity index (χ0) is 14.1. The quantitative estimate of drug-likeness (QED) is 0.450. The summed E-state index contributed by atoms with van der Waals surface area (Å²) in [6.45, 7) is 2.77. The number of nitrogens with one attached hydrogen (secondary N) is 2. The van der Waals surface area contributed by atoms with Crippen LogP contribution in [0, 0.1) is 10.1 Å². The fraction of sp³-hybridized carbons (Fsp3) is 0.462. The lowest BCUT2D eigenvalue weighted by Crippen LogP contribution is -2.29. The molecule has 0 aliphatic heterocycles. The third-order valence-corrected chi connectivity index (χ3v) is 2.65. The van der Waals surface area contributed by atoms with E-state index < -0.39 is 4.92 Å². The van der Waals surface area contributed by atoms with Crippen molar-refractivity contribution < 1.29 is 9.72 Å². The fourth-order valence-electron chi connectivity index (χ4n) is 1.60. The molecule has 0 aliphatic carbocycles. The number of rotatable bonds is 7. The van der Waals surface area contributed by atoms with E-state index in [1.54, 1.807) is 0 Å². The summed E-state index contributed by atoms with van der Waals surface area (Å²) < 4.78 is 0. The molecule has 0 spiro atoms. The number of nitrogens with zero attached hydrogens (tertiary/aromatic N) is 1. The van der Waals surface area contributed by atoms with Gasteiger partial charge >= 0.3 is 6.03 Å². The van der Waals surface area contributed by atoms with Crippen molar-refractivity contribution in [1.29, 1.82) is 0 Å². The zero-order valence-corrected chi connectivity index (χ0v) is 11.0. The van der Waals surface area contributed by atoms with Crippen LogP contribution in [0.5, 0.6) is 0 Å². The van der Waals surface area contributed by atoms with Crippen LogP contribution in [0.2, 0.25) is 0 Å². The van der Waals surface area contributed by atoms with Crippen LogP contribution in [0.1, 0.15) is 32.6 Å². The van der Waals surface area contributed by atoms with Crippen LogP contribution in [-0.2, 0) is 0 Å². The Morgan fingerprint density at radius 1 is 1.21 bits per heavy atom. The van der Waals surface area contributed by atoms with Crippen molar-refractivity contribution in [1.82, 2.24) is 5.32 Å². The standard InChI is InChI=1S/C13H19N3O3/c1-2-3-4-5-10-14-13(17)15-11-6-8-12(9-7-11)16(18)19/h6-9H,2-5,10H2,1H3,(H2,14,15,17). The number of carbonyl (C=O) groups is 1. The van der Waals surface area contributed by atoms with Crippen molar-refractivity contribution >= 4 is 17.4 Å². The van der Waals surface area contributed by atoms with Crippen molar-refractivity contribution in [2.75, 3.05) is 11.9 Å². The van der Waals surface area contributed by atoms with Gasteiger partial charge in [0.1, 0.15) is 0 Å². The molecule has 0 aliphatic rings. The van der Waals surface area contributed by atoms with Gasteiger partial charge in [-0.05, 0) is 18.6 Å². The molecule has 1 aromatic carbocycles. The SMILES string of the molecule is CCCCCCNC(=O)Nc1ccc([N+](=O)[O-])cc1. The van der Waals surface area contributed by atoms with Crippen LogP contribution in [-0.4, -0.2) is 17.5 Å². The summed E-state index contributed by atoms with van der Waals surface area (Å²) in [5.74, 6) is 0. The van der Waals surface area contributed by atoms with E-state index in [4.69, 9.17) is 0 Å². The van der Waals surface area contributed by atoms with Gasteiger partial charge in [0.25, 0.3) is 5.69 Å². The maximum Gasteiger partial charge on any atom is 0.319 e. The second-order valence-corrected chi connectivity index (χ2v) is 4.25. The third kappa shape index (κ3) is 5.85. The second kappa shape index (κ2) is 8.07. The van der Waals surface area contributed by atoms with Crippen LogP contribution >= 0.6 is 0 Å². The summed E-state index contributed by atoms with van der Waals surface area (Å²) in [7, 11) is 0. The molecule has 0 atom stereocenters. The zero-order valence-electron chi connectivity index (χ0n) is 11.0. The lowest BCUT2D eigenvalue weighted by molar-refractivity contribution is -0.384. The van der Waals surface area contributed by atoms with E-state index in [-0.39, 0.29) is 11.7 Å². The van der Waals surface area contributed by atoms with E-state index in [1.807, 2.05) is 0 Å². The summed E-state index contributed by atoms with van der Waals surface area (Å²) in [5.41, 5.74) is 0.544. The van der Waals surface area contributed by atoms with Gasteiger partial charge in [0.15, 0.2) is 0 Å². The summed E-state index contributed by atoms with van der Waals surface area (Å²) in [5, 5.41) is 15.8. The molecule has 0 radical (unpaired) electrons. The Balaban J connectivity index is 2.30. The molecule has 19 heavy (non-hydrogen) atoms. The number of anilines is 1. The van der Waals surface area contributed by atoms with Crippen LogP contribution in [0.4, 0.5) is 16.2 Å². The molecule has 6 heteroatoms. The smallest absolute Gasteiger partial charge is 0.319 e. The normalized spacial score (nSPS) is 9.95. The van der Waals surface area contributed by atoms with E-state index in [9.17, 15) is 14.9 Å². The minimum Gasteiger partial charge on any atom is -0.338 e. The largest absolute Gasteiger partial charge is 0.338 e. The van der Waals surface area contributed by atoms with Gasteiger partial charge in [0.05, 0.1) is 4.92 Å². The number of unbranched alkanes of at least 4 members (excludes halogenated alkanes) is 3. The first-order valence-corrected chi connectivity index (χ1v) is 6.42. The van der Waals surface area contributed by atoms with Crippen LogP contribution < -0.4 is 10.6 Å². The molecule has 0 saturated carbocycles. The predicted octanol–water partition coefficient (Wildman–Crippen LogP) is 3.30. The topological polar surface area (TPSA) is 84.3 Å². The van der Waals surface area contributed by atoms with E-state index in [0.29, 0.717) is 12.2 Å². The molecule has 0 saturated heterocycles. The second-order valence-electron chi connectivity index (χ2n) is 4.25. The van der Waals surface area contributed by atoms with Crippen molar-refractivity contribution in [3.8, 4) is 0 Å². The maximum atomic E-state index is 11.5. The maximum absolute atomic E-state index is 11.5. The van der Waals surface area contributed by atoms with Gasteiger partial charge in [0.2, 0.25) is 0 Å². The number of urea groups is 1. The number of amides is 2. The Morgan fingerprint density at radius 3 is 2.47 bits per heavy atom. The number of hydrogen-bond donors (Lipinski definition) is 2. The number of benzene rings is 1. The van der Waals surface area contributed by atoms with Crippen LogP contribution in [0.25, 0.3) is 0 Å². The fourth-order valence-corrected chi connectivity index (χ4v) is 1.60. The summed E-state index contributed by atoms with van der Waals surface area (Å²) in [6.07, 6.45) is 4.40. The molecule has 1 aromatic rings. The number of nitro benzene ring substituents is 1. The predicted molar refractivity (Wildman–Crippen MR) is 74.3 cm³/mol. The highest BCUT2D eigenvalue weighted by Crippen LogP contribution is 2.15. The Labute approximate surface area is 112 Å². The van der Waals surface area contributed by atoms with Crippen molar-refractivity contribution in [3.63, 3.8) is 0 Å². The van der Waals surface area contributed by atoms with E-state index in [0.717, 1.165) is 19.3 Å². The molecule has 1 rings (SSSR count). The first-order valence-electron chi connectivity index (χ1n) is 6.42. The molecule has 0 aromatic heterocycles. The molecule has 2 amide bonds. The van der Waals surface area contributed by atoms with E-state index in [1.165, 1.54) is 30.7 Å². The Bertz CT molecular complexity index is 418. The third-order valence-electron chi connectivity index (χ3n) is 2.65. The van der Waals surface area contributed by atoms with Crippen LogP contribution in [0.15, 0.2) is 24.3 Å². The molecule has 6 nitrogen and oxygen atoms in total. The molecular formula is C13H19N3O3. The molecule has 2 N–H and O–H groups in total. The number of carbonyl (C=O) groups excluding carboxylic acids is 1. The van der Waals surface area contributed by atoms with Crippen LogP contribution in [0.3, 0.4) is 0 Å². The summed E-state index contributed by atoms with van der Waals surface area (Å²) in [6, 6.07) is 5.45. The number of non-ortho nitro benzene ring substituents is 1. The highest BCUT2D eigenvalue weighted by molar-refractivity contribution is 5.89. The first kappa shape index (κ1) is 14.9. The van der Waals surface area contributed by atoms with Crippen molar-refractivity contribution in [2.24, 2.45) is 0 Å². The van der Waals surface area contributed by atoms with Gasteiger partial charge in [-0.15, -0.1) is 0 Å². The van der Waals surface area contributed by atoms with Crippen molar-refractivity contribution in [2.45, 2.75) is 32.6 Å². The van der Waals surface area contributed by atoms with E-state index >= 15 is 0 Å². The van der Waals surface area contributed by atoms with Gasteiger partial charge in [-0.1, -0.05) is 26.2 Å². The molecule has 0 unspecified atom stereocenters. The lowest BCUT2D eigenvalue weighted by Gasteiger charge is -2.07.